The number of hydrogen-bond acceptors (Lipinski definition) is 4. The SMILES string of the molecule is CCc1ccc(CNC(=O)c2sc(Nc3ccccc3CC)nc2C)cc1. The van der Waals surface area contributed by atoms with E-state index in [1.54, 1.807) is 0 Å². The average Bonchev–Trinajstić information content (AvgIpc) is 3.07. The van der Waals surface area contributed by atoms with Gasteiger partial charge >= 0.3 is 0 Å². The molecule has 0 aliphatic heterocycles. The molecule has 0 atom stereocenters. The predicted octanol–water partition coefficient (Wildman–Crippen LogP) is 5.25. The van der Waals surface area contributed by atoms with Gasteiger partial charge in [-0.05, 0) is 42.5 Å². The molecule has 0 fully saturated rings. The Bertz CT molecular complexity index is 916. The van der Waals surface area contributed by atoms with E-state index >= 15 is 0 Å². The zero-order valence-electron chi connectivity index (χ0n) is 16.0. The Balaban J connectivity index is 1.67. The highest BCUT2D eigenvalue weighted by molar-refractivity contribution is 7.17. The van der Waals surface area contributed by atoms with Crippen molar-refractivity contribution < 1.29 is 4.79 Å². The van der Waals surface area contributed by atoms with Gasteiger partial charge in [-0.2, -0.15) is 0 Å². The quantitative estimate of drug-likeness (QED) is 0.589. The number of carbonyl (C=O) groups is 1. The summed E-state index contributed by atoms with van der Waals surface area (Å²) in [5, 5.41) is 7.09. The zero-order valence-corrected chi connectivity index (χ0v) is 16.8. The highest BCUT2D eigenvalue weighted by atomic mass is 32.1. The van der Waals surface area contributed by atoms with Gasteiger partial charge in [0.2, 0.25) is 0 Å². The molecule has 0 aliphatic carbocycles. The van der Waals surface area contributed by atoms with Crippen LogP contribution in [0.1, 0.15) is 45.9 Å². The van der Waals surface area contributed by atoms with E-state index in [2.05, 4.69) is 59.8 Å². The van der Waals surface area contributed by atoms with Gasteiger partial charge in [-0.3, -0.25) is 4.79 Å². The number of hydrogen-bond donors (Lipinski definition) is 2. The summed E-state index contributed by atoms with van der Waals surface area (Å²) >= 11 is 1.39. The maximum Gasteiger partial charge on any atom is 0.263 e. The number of benzene rings is 2. The van der Waals surface area contributed by atoms with Crippen molar-refractivity contribution in [2.45, 2.75) is 40.2 Å². The van der Waals surface area contributed by atoms with E-state index in [9.17, 15) is 4.79 Å². The molecule has 4 nitrogen and oxygen atoms in total. The number of aryl methyl sites for hydroxylation is 3. The molecule has 0 saturated heterocycles. The van der Waals surface area contributed by atoms with Gasteiger partial charge in [0.1, 0.15) is 4.88 Å². The molecular formula is C22H25N3OS. The summed E-state index contributed by atoms with van der Waals surface area (Å²) in [5.74, 6) is -0.0820. The normalized spacial score (nSPS) is 10.6. The molecule has 0 radical (unpaired) electrons. The summed E-state index contributed by atoms with van der Waals surface area (Å²) in [6, 6.07) is 16.5. The van der Waals surface area contributed by atoms with Crippen molar-refractivity contribution in [3.63, 3.8) is 0 Å². The van der Waals surface area contributed by atoms with Gasteiger partial charge in [-0.1, -0.05) is 67.6 Å². The van der Waals surface area contributed by atoms with E-state index in [1.807, 2.05) is 25.1 Å². The third-order valence-corrected chi connectivity index (χ3v) is 5.60. The Morgan fingerprint density at radius 1 is 1.00 bits per heavy atom. The average molecular weight is 380 g/mol. The van der Waals surface area contributed by atoms with E-state index < -0.39 is 0 Å². The second-order valence-electron chi connectivity index (χ2n) is 6.42. The van der Waals surface area contributed by atoms with Gasteiger partial charge in [-0.25, -0.2) is 4.98 Å². The molecule has 2 aromatic carbocycles. The maximum atomic E-state index is 12.6. The van der Waals surface area contributed by atoms with Crippen molar-refractivity contribution in [1.82, 2.24) is 10.3 Å². The summed E-state index contributed by atoms with van der Waals surface area (Å²) in [4.78, 5) is 17.8. The van der Waals surface area contributed by atoms with Crippen molar-refractivity contribution in [1.29, 1.82) is 0 Å². The van der Waals surface area contributed by atoms with Crippen molar-refractivity contribution in [2.75, 3.05) is 5.32 Å². The largest absolute Gasteiger partial charge is 0.347 e. The van der Waals surface area contributed by atoms with Crippen molar-refractivity contribution >= 4 is 28.1 Å². The van der Waals surface area contributed by atoms with Gasteiger partial charge in [0.15, 0.2) is 5.13 Å². The smallest absolute Gasteiger partial charge is 0.263 e. The molecule has 1 amide bonds. The molecule has 0 saturated carbocycles. The third kappa shape index (κ3) is 4.74. The highest BCUT2D eigenvalue weighted by Crippen LogP contribution is 2.27. The Hall–Kier alpha value is -2.66. The molecule has 2 N–H and O–H groups in total. The summed E-state index contributed by atoms with van der Waals surface area (Å²) < 4.78 is 0. The lowest BCUT2D eigenvalue weighted by Gasteiger charge is -2.07. The van der Waals surface area contributed by atoms with E-state index in [0.29, 0.717) is 11.4 Å². The number of thiazole rings is 1. The first-order valence-corrected chi connectivity index (χ1v) is 10.1. The molecule has 140 valence electrons. The molecule has 27 heavy (non-hydrogen) atoms. The first-order chi connectivity index (χ1) is 13.1. The number of nitrogens with one attached hydrogen (secondary N) is 2. The summed E-state index contributed by atoms with van der Waals surface area (Å²) in [5.41, 5.74) is 5.41. The Morgan fingerprint density at radius 3 is 2.41 bits per heavy atom. The van der Waals surface area contributed by atoms with Gasteiger partial charge in [0.25, 0.3) is 5.91 Å². The van der Waals surface area contributed by atoms with Crippen LogP contribution in [-0.2, 0) is 19.4 Å². The monoisotopic (exact) mass is 379 g/mol. The number of nitrogens with zero attached hydrogens (tertiary/aromatic N) is 1. The molecule has 3 aromatic rings. The van der Waals surface area contributed by atoms with Crippen LogP contribution in [0.25, 0.3) is 0 Å². The first kappa shape index (κ1) is 19.1. The topological polar surface area (TPSA) is 54.0 Å². The lowest BCUT2D eigenvalue weighted by molar-refractivity contribution is 0.0954. The van der Waals surface area contributed by atoms with Crippen LogP contribution in [0.15, 0.2) is 48.5 Å². The molecule has 0 unspecified atom stereocenters. The molecule has 5 heteroatoms. The van der Waals surface area contributed by atoms with E-state index in [0.717, 1.165) is 34.9 Å². The molecule has 0 bridgehead atoms. The minimum Gasteiger partial charge on any atom is -0.347 e. The number of aromatic nitrogens is 1. The number of rotatable bonds is 7. The molecule has 3 rings (SSSR count). The number of amides is 1. The molecule has 1 aromatic heterocycles. The molecular weight excluding hydrogens is 354 g/mol. The Labute approximate surface area is 164 Å². The molecule has 1 heterocycles. The van der Waals surface area contributed by atoms with Crippen LogP contribution in [0, 0.1) is 6.92 Å². The second kappa shape index (κ2) is 8.82. The second-order valence-corrected chi connectivity index (χ2v) is 7.42. The van der Waals surface area contributed by atoms with Crippen molar-refractivity contribution in [3.05, 3.63) is 75.8 Å². The summed E-state index contributed by atoms with van der Waals surface area (Å²) in [7, 11) is 0. The highest BCUT2D eigenvalue weighted by Gasteiger charge is 2.15. The number of anilines is 2. The summed E-state index contributed by atoms with van der Waals surface area (Å²) in [6.45, 7) is 6.65. The van der Waals surface area contributed by atoms with Crippen LogP contribution in [0.2, 0.25) is 0 Å². The van der Waals surface area contributed by atoms with Crippen molar-refractivity contribution in [3.8, 4) is 0 Å². The van der Waals surface area contributed by atoms with Crippen LogP contribution in [0.5, 0.6) is 0 Å². The summed E-state index contributed by atoms with van der Waals surface area (Å²) in [6.07, 6.45) is 1.96. The van der Waals surface area contributed by atoms with Crippen LogP contribution in [0.4, 0.5) is 10.8 Å². The number of para-hydroxylation sites is 1. The van der Waals surface area contributed by atoms with Gasteiger partial charge in [0.05, 0.1) is 5.69 Å². The minimum absolute atomic E-state index is 0.0820. The van der Waals surface area contributed by atoms with E-state index in [-0.39, 0.29) is 5.91 Å². The van der Waals surface area contributed by atoms with Gasteiger partial charge in [0, 0.05) is 12.2 Å². The van der Waals surface area contributed by atoms with Crippen LogP contribution >= 0.6 is 11.3 Å². The lowest BCUT2D eigenvalue weighted by Crippen LogP contribution is -2.22. The standard InChI is InChI=1S/C22H25N3OS/c1-4-16-10-12-17(13-11-16)14-23-21(26)20-15(3)24-22(27-20)25-19-9-7-6-8-18(19)5-2/h6-13H,4-5,14H2,1-3H3,(H,23,26)(H,24,25). The number of carbonyl (C=O) groups excluding carboxylic acids is 1. The van der Waals surface area contributed by atoms with Gasteiger partial charge in [-0.15, -0.1) is 0 Å². The Morgan fingerprint density at radius 2 is 1.70 bits per heavy atom. The maximum absolute atomic E-state index is 12.6. The fourth-order valence-electron chi connectivity index (χ4n) is 2.88. The predicted molar refractivity (Wildman–Crippen MR) is 113 cm³/mol. The van der Waals surface area contributed by atoms with Crippen LogP contribution in [-0.4, -0.2) is 10.9 Å². The fraction of sp³-hybridized carbons (Fsp3) is 0.273. The zero-order chi connectivity index (χ0) is 19.2. The van der Waals surface area contributed by atoms with Crippen molar-refractivity contribution in [2.24, 2.45) is 0 Å². The Kier molecular flexibility index (Phi) is 6.24. The fourth-order valence-corrected chi connectivity index (χ4v) is 3.78. The van der Waals surface area contributed by atoms with E-state index in [4.69, 9.17) is 0 Å². The van der Waals surface area contributed by atoms with Crippen LogP contribution in [0.3, 0.4) is 0 Å². The van der Waals surface area contributed by atoms with Crippen LogP contribution < -0.4 is 10.6 Å². The lowest BCUT2D eigenvalue weighted by atomic mass is 10.1. The van der Waals surface area contributed by atoms with Gasteiger partial charge < -0.3 is 10.6 Å². The molecule has 0 spiro atoms. The molecule has 0 aliphatic rings. The first-order valence-electron chi connectivity index (χ1n) is 9.29. The third-order valence-electron chi connectivity index (χ3n) is 4.53. The minimum atomic E-state index is -0.0820. The van der Waals surface area contributed by atoms with E-state index in [1.165, 1.54) is 22.5 Å².